The minimum Gasteiger partial charge on any atom is -0.481 e. The van der Waals surface area contributed by atoms with Gasteiger partial charge in [0.25, 0.3) is 0 Å². The number of aliphatic carboxylic acids is 1. The second kappa shape index (κ2) is 6.22. The van der Waals surface area contributed by atoms with Crippen molar-refractivity contribution in [3.8, 4) is 0 Å². The zero-order valence-corrected chi connectivity index (χ0v) is 13.1. The van der Waals surface area contributed by atoms with Crippen molar-refractivity contribution in [3.63, 3.8) is 0 Å². The van der Waals surface area contributed by atoms with Crippen LogP contribution in [0.25, 0.3) is 0 Å². The van der Waals surface area contributed by atoms with Gasteiger partial charge in [0, 0.05) is 13.1 Å². The Labute approximate surface area is 126 Å². The summed E-state index contributed by atoms with van der Waals surface area (Å²) in [6.07, 6.45) is 2.23. The molecule has 1 aliphatic heterocycles. The fraction of sp³-hybridized carbons (Fsp3) is 0.533. The van der Waals surface area contributed by atoms with Crippen molar-refractivity contribution in [2.45, 2.75) is 32.7 Å². The first-order valence-corrected chi connectivity index (χ1v) is 7.66. The van der Waals surface area contributed by atoms with Crippen molar-refractivity contribution in [1.82, 2.24) is 4.90 Å². The Bertz CT molecular complexity index is 509. The van der Waals surface area contributed by atoms with Gasteiger partial charge in [0.05, 0.1) is 9.89 Å². The number of rotatable bonds is 5. The molecule has 0 aromatic heterocycles. The van der Waals surface area contributed by atoms with Gasteiger partial charge in [0.1, 0.15) is 5.82 Å². The molecule has 0 spiro atoms. The number of nitrogens with zero attached hydrogens (tertiary/aromatic N) is 1. The molecule has 1 heterocycles. The van der Waals surface area contributed by atoms with Gasteiger partial charge in [0.2, 0.25) is 0 Å². The van der Waals surface area contributed by atoms with Crippen molar-refractivity contribution >= 4 is 21.9 Å². The van der Waals surface area contributed by atoms with Gasteiger partial charge in [-0.05, 0) is 46.9 Å². The predicted octanol–water partition coefficient (Wildman–Crippen LogP) is 3.67. The first kappa shape index (κ1) is 15.4. The summed E-state index contributed by atoms with van der Waals surface area (Å²) in [5.41, 5.74) is 0.233. The molecular weight excluding hydrogens is 325 g/mol. The minimum atomic E-state index is -0.708. The summed E-state index contributed by atoms with van der Waals surface area (Å²) in [6.45, 7) is 3.88. The van der Waals surface area contributed by atoms with Gasteiger partial charge in [-0.1, -0.05) is 25.5 Å². The predicted molar refractivity (Wildman–Crippen MR) is 79.0 cm³/mol. The van der Waals surface area contributed by atoms with Crippen LogP contribution in [-0.4, -0.2) is 29.1 Å². The quantitative estimate of drug-likeness (QED) is 0.886. The number of hydrogen-bond acceptors (Lipinski definition) is 2. The third-order valence-electron chi connectivity index (χ3n) is 4.04. The molecule has 1 fully saturated rings. The molecule has 0 amide bonds. The Morgan fingerprint density at radius 1 is 1.55 bits per heavy atom. The second-order valence-electron chi connectivity index (χ2n) is 5.51. The Kier molecular flexibility index (Phi) is 4.81. The van der Waals surface area contributed by atoms with Gasteiger partial charge in [-0.15, -0.1) is 0 Å². The summed E-state index contributed by atoms with van der Waals surface area (Å²) in [5, 5.41) is 9.48. The Balaban J connectivity index is 2.09. The van der Waals surface area contributed by atoms with E-state index in [1.165, 1.54) is 6.07 Å². The molecule has 1 aromatic rings. The smallest absolute Gasteiger partial charge is 0.310 e. The van der Waals surface area contributed by atoms with E-state index in [4.69, 9.17) is 0 Å². The first-order valence-electron chi connectivity index (χ1n) is 6.87. The lowest BCUT2D eigenvalue weighted by molar-refractivity contribution is -0.148. The molecular formula is C15H19BrFNO2. The molecule has 110 valence electrons. The van der Waals surface area contributed by atoms with Crippen molar-refractivity contribution in [2.24, 2.45) is 5.41 Å². The highest BCUT2D eigenvalue weighted by atomic mass is 79.9. The summed E-state index contributed by atoms with van der Waals surface area (Å²) in [4.78, 5) is 13.6. The fourth-order valence-electron chi connectivity index (χ4n) is 2.97. The second-order valence-corrected chi connectivity index (χ2v) is 6.30. The van der Waals surface area contributed by atoms with Gasteiger partial charge >= 0.3 is 5.97 Å². The summed E-state index contributed by atoms with van der Waals surface area (Å²) in [5.74, 6) is -0.986. The summed E-state index contributed by atoms with van der Waals surface area (Å²) in [6, 6.07) is 4.96. The molecule has 1 aliphatic rings. The van der Waals surface area contributed by atoms with E-state index in [0.29, 0.717) is 30.4 Å². The van der Waals surface area contributed by atoms with E-state index in [1.807, 2.05) is 13.0 Å². The van der Waals surface area contributed by atoms with Crippen molar-refractivity contribution in [2.75, 3.05) is 13.1 Å². The standard InChI is InChI=1S/C15H19BrFNO2/c1-2-6-15(14(19)20)7-8-18(10-15)9-11-4-3-5-12(17)13(11)16/h3-5H,2,6-10H2,1H3,(H,19,20). The number of hydrogen-bond donors (Lipinski definition) is 1. The molecule has 1 saturated heterocycles. The van der Waals surface area contributed by atoms with E-state index in [9.17, 15) is 14.3 Å². The molecule has 0 aliphatic carbocycles. The molecule has 1 atom stereocenters. The van der Waals surface area contributed by atoms with Crippen LogP contribution in [0.1, 0.15) is 31.7 Å². The number of carboxylic acids is 1. The van der Waals surface area contributed by atoms with Crippen molar-refractivity contribution in [3.05, 3.63) is 34.1 Å². The fourth-order valence-corrected chi connectivity index (χ4v) is 3.36. The van der Waals surface area contributed by atoms with Crippen molar-refractivity contribution in [1.29, 1.82) is 0 Å². The van der Waals surface area contributed by atoms with Crippen LogP contribution in [0, 0.1) is 11.2 Å². The van der Waals surface area contributed by atoms with Crippen LogP contribution in [-0.2, 0) is 11.3 Å². The number of carbonyl (C=O) groups is 1. The van der Waals surface area contributed by atoms with E-state index in [0.717, 1.165) is 18.5 Å². The molecule has 0 radical (unpaired) electrons. The van der Waals surface area contributed by atoms with Gasteiger partial charge < -0.3 is 5.11 Å². The van der Waals surface area contributed by atoms with Gasteiger partial charge in [-0.3, -0.25) is 9.69 Å². The monoisotopic (exact) mass is 343 g/mol. The highest BCUT2D eigenvalue weighted by molar-refractivity contribution is 9.10. The lowest BCUT2D eigenvalue weighted by Gasteiger charge is -2.24. The maximum Gasteiger partial charge on any atom is 0.310 e. The minimum absolute atomic E-state index is 0.278. The van der Waals surface area contributed by atoms with E-state index >= 15 is 0 Å². The van der Waals surface area contributed by atoms with E-state index < -0.39 is 11.4 Å². The average Bonchev–Trinajstić information content (AvgIpc) is 2.80. The van der Waals surface area contributed by atoms with Crippen LogP contribution in [0.4, 0.5) is 4.39 Å². The number of carboxylic acid groups (broad SMARTS) is 1. The molecule has 1 unspecified atom stereocenters. The molecule has 3 nitrogen and oxygen atoms in total. The van der Waals surface area contributed by atoms with Crippen LogP contribution in [0.2, 0.25) is 0 Å². The van der Waals surface area contributed by atoms with Crippen LogP contribution in [0.5, 0.6) is 0 Å². The zero-order chi connectivity index (χ0) is 14.8. The third kappa shape index (κ3) is 3.04. The Hall–Kier alpha value is -0.940. The van der Waals surface area contributed by atoms with Gasteiger partial charge in [-0.25, -0.2) is 4.39 Å². The lowest BCUT2D eigenvalue weighted by Crippen LogP contribution is -2.34. The molecule has 1 aromatic carbocycles. The molecule has 20 heavy (non-hydrogen) atoms. The topological polar surface area (TPSA) is 40.5 Å². The number of halogens is 2. The molecule has 0 bridgehead atoms. The molecule has 0 saturated carbocycles. The number of benzene rings is 1. The van der Waals surface area contributed by atoms with E-state index in [-0.39, 0.29) is 5.82 Å². The maximum atomic E-state index is 13.5. The zero-order valence-electron chi connectivity index (χ0n) is 11.5. The molecule has 5 heteroatoms. The van der Waals surface area contributed by atoms with E-state index in [1.54, 1.807) is 6.07 Å². The lowest BCUT2D eigenvalue weighted by atomic mass is 9.83. The van der Waals surface area contributed by atoms with Gasteiger partial charge in [0.15, 0.2) is 0 Å². The number of likely N-dealkylation sites (tertiary alicyclic amines) is 1. The highest BCUT2D eigenvalue weighted by Gasteiger charge is 2.43. The largest absolute Gasteiger partial charge is 0.481 e. The molecule has 1 N–H and O–H groups in total. The van der Waals surface area contributed by atoms with Gasteiger partial charge in [-0.2, -0.15) is 0 Å². The SMILES string of the molecule is CCCC1(C(=O)O)CCN(Cc2cccc(F)c2Br)C1. The molecule has 2 rings (SSSR count). The average molecular weight is 344 g/mol. The highest BCUT2D eigenvalue weighted by Crippen LogP contribution is 2.36. The van der Waals surface area contributed by atoms with Crippen molar-refractivity contribution < 1.29 is 14.3 Å². The summed E-state index contributed by atoms with van der Waals surface area (Å²) in [7, 11) is 0. The van der Waals surface area contributed by atoms with Crippen LogP contribution in [0.3, 0.4) is 0 Å². The van der Waals surface area contributed by atoms with E-state index in [2.05, 4.69) is 20.8 Å². The Morgan fingerprint density at radius 3 is 2.95 bits per heavy atom. The third-order valence-corrected chi connectivity index (χ3v) is 4.93. The summed E-state index contributed by atoms with van der Waals surface area (Å²) < 4.78 is 14.0. The first-order chi connectivity index (χ1) is 9.48. The Morgan fingerprint density at radius 2 is 2.30 bits per heavy atom. The van der Waals surface area contributed by atoms with Crippen LogP contribution >= 0.6 is 15.9 Å². The summed E-state index contributed by atoms with van der Waals surface area (Å²) >= 11 is 3.26. The maximum absolute atomic E-state index is 13.5. The van der Waals surface area contributed by atoms with Crippen LogP contribution < -0.4 is 0 Å². The van der Waals surface area contributed by atoms with Crippen LogP contribution in [0.15, 0.2) is 22.7 Å². The normalized spacial score (nSPS) is 23.1.